The fourth-order valence-corrected chi connectivity index (χ4v) is 0.983. The van der Waals surface area contributed by atoms with Crippen LogP contribution in [0.2, 0.25) is 0 Å². The lowest BCUT2D eigenvalue weighted by molar-refractivity contribution is 0.193. The molecule has 74 valence electrons. The lowest BCUT2D eigenvalue weighted by atomic mass is 10.2. The highest BCUT2D eigenvalue weighted by Gasteiger charge is 2.08. The molecule has 1 unspecified atom stereocenters. The SMILES string of the molecule is [2H]C(C)(O)c1cc(OCC)c([N+]#[C-])cn1. The summed E-state index contributed by atoms with van der Waals surface area (Å²) in [6, 6.07) is 1.42. The Kier molecular flexibility index (Phi) is 2.94. The van der Waals surface area contributed by atoms with Gasteiger partial charge in [-0.15, -0.1) is 0 Å². The summed E-state index contributed by atoms with van der Waals surface area (Å²) in [5, 5.41) is 9.42. The molecule has 1 atom stereocenters. The third-order valence-electron chi connectivity index (χ3n) is 1.64. The highest BCUT2D eigenvalue weighted by atomic mass is 16.5. The smallest absolute Gasteiger partial charge is 0.245 e. The summed E-state index contributed by atoms with van der Waals surface area (Å²) >= 11 is 0. The number of hydrogen-bond acceptors (Lipinski definition) is 3. The van der Waals surface area contributed by atoms with Gasteiger partial charge in [-0.2, -0.15) is 0 Å². The number of pyridine rings is 1. The molecule has 0 aliphatic heterocycles. The van der Waals surface area contributed by atoms with Crippen molar-refractivity contribution in [3.8, 4) is 5.75 Å². The molecule has 4 heteroatoms. The van der Waals surface area contributed by atoms with E-state index in [-0.39, 0.29) is 11.4 Å². The van der Waals surface area contributed by atoms with E-state index in [0.717, 1.165) is 0 Å². The van der Waals surface area contributed by atoms with Gasteiger partial charge in [0.2, 0.25) is 5.69 Å². The van der Waals surface area contributed by atoms with Gasteiger partial charge in [0.05, 0.1) is 26.3 Å². The molecule has 0 radical (unpaired) electrons. The average Bonchev–Trinajstić information content (AvgIpc) is 2.17. The van der Waals surface area contributed by atoms with Gasteiger partial charge in [0.1, 0.15) is 5.75 Å². The second kappa shape index (κ2) is 4.58. The van der Waals surface area contributed by atoms with Gasteiger partial charge < -0.3 is 9.84 Å². The van der Waals surface area contributed by atoms with E-state index < -0.39 is 6.08 Å². The normalized spacial score (nSPS) is 15.1. The summed E-state index contributed by atoms with van der Waals surface area (Å²) in [5.41, 5.74) is 0.447. The van der Waals surface area contributed by atoms with Gasteiger partial charge in [-0.25, -0.2) is 4.85 Å². The molecule has 1 aromatic rings. The number of hydrogen-bond donors (Lipinski definition) is 1. The molecular formula is C10H12N2O2. The standard InChI is InChI=1S/C10H12N2O2/c1-4-14-10-5-8(7(2)13)12-6-9(10)11-3/h5-7,13H,4H2,1-2H3/i7D. The second-order valence-electron chi connectivity index (χ2n) is 2.67. The third kappa shape index (κ3) is 2.21. The maximum absolute atomic E-state index is 9.42. The van der Waals surface area contributed by atoms with Gasteiger partial charge >= 0.3 is 0 Å². The first-order valence-corrected chi connectivity index (χ1v) is 4.22. The zero-order valence-electron chi connectivity index (χ0n) is 9.11. The quantitative estimate of drug-likeness (QED) is 0.747. The fraction of sp³-hybridized carbons (Fsp3) is 0.400. The molecule has 14 heavy (non-hydrogen) atoms. The van der Waals surface area contributed by atoms with Crippen molar-refractivity contribution in [2.24, 2.45) is 0 Å². The number of ether oxygens (including phenoxy) is 1. The molecule has 1 heterocycles. The summed E-state index contributed by atoms with van der Waals surface area (Å²) in [6.07, 6.45) is -0.469. The van der Waals surface area contributed by atoms with E-state index in [0.29, 0.717) is 12.4 Å². The topological polar surface area (TPSA) is 46.7 Å². The van der Waals surface area contributed by atoms with E-state index in [1.54, 1.807) is 6.92 Å². The highest BCUT2D eigenvalue weighted by Crippen LogP contribution is 2.28. The monoisotopic (exact) mass is 193 g/mol. The maximum Gasteiger partial charge on any atom is 0.245 e. The summed E-state index contributed by atoms with van der Waals surface area (Å²) < 4.78 is 12.6. The van der Waals surface area contributed by atoms with Crippen LogP contribution in [0.4, 0.5) is 5.69 Å². The highest BCUT2D eigenvalue weighted by molar-refractivity contribution is 5.56. The maximum atomic E-state index is 9.42. The Hall–Kier alpha value is -1.60. The minimum atomic E-state index is -1.77. The van der Waals surface area contributed by atoms with Crippen molar-refractivity contribution in [3.05, 3.63) is 29.4 Å². The average molecular weight is 193 g/mol. The van der Waals surface area contributed by atoms with Gasteiger partial charge in [-0.3, -0.25) is 4.98 Å². The van der Waals surface area contributed by atoms with E-state index in [1.165, 1.54) is 19.2 Å². The first kappa shape index (κ1) is 8.97. The van der Waals surface area contributed by atoms with Crippen LogP contribution in [-0.4, -0.2) is 16.7 Å². The molecule has 0 amide bonds. The molecule has 0 bridgehead atoms. The molecule has 0 saturated heterocycles. The zero-order chi connectivity index (χ0) is 11.5. The van der Waals surface area contributed by atoms with Crippen LogP contribution < -0.4 is 4.74 Å². The van der Waals surface area contributed by atoms with Crippen LogP contribution in [0.5, 0.6) is 5.75 Å². The number of rotatable bonds is 3. The predicted molar refractivity (Wildman–Crippen MR) is 52.3 cm³/mol. The first-order valence-electron chi connectivity index (χ1n) is 4.72. The Morgan fingerprint density at radius 2 is 2.57 bits per heavy atom. The van der Waals surface area contributed by atoms with Gasteiger partial charge in [0.15, 0.2) is 0 Å². The van der Waals surface area contributed by atoms with E-state index in [4.69, 9.17) is 12.7 Å². The summed E-state index contributed by atoms with van der Waals surface area (Å²) in [7, 11) is 0. The van der Waals surface area contributed by atoms with E-state index in [2.05, 4.69) is 9.83 Å². The molecule has 0 aliphatic rings. The van der Waals surface area contributed by atoms with Crippen molar-refractivity contribution in [2.45, 2.75) is 19.9 Å². The fourth-order valence-electron chi connectivity index (χ4n) is 0.983. The van der Waals surface area contributed by atoms with Crippen molar-refractivity contribution >= 4 is 5.69 Å². The molecule has 0 spiro atoms. The number of nitrogens with zero attached hydrogens (tertiary/aromatic N) is 2. The Balaban J connectivity index is 3.17. The molecular weight excluding hydrogens is 180 g/mol. The van der Waals surface area contributed by atoms with E-state index >= 15 is 0 Å². The summed E-state index contributed by atoms with van der Waals surface area (Å²) in [6.45, 7) is 10.4. The van der Waals surface area contributed by atoms with Crippen LogP contribution in [0.3, 0.4) is 0 Å². The Morgan fingerprint density at radius 1 is 1.86 bits per heavy atom. The minimum absolute atomic E-state index is 0.165. The summed E-state index contributed by atoms with van der Waals surface area (Å²) in [5.74, 6) is 0.352. The Labute approximate surface area is 84.4 Å². The molecule has 1 aromatic heterocycles. The zero-order valence-corrected chi connectivity index (χ0v) is 8.11. The van der Waals surface area contributed by atoms with Crippen molar-refractivity contribution in [1.82, 2.24) is 4.98 Å². The van der Waals surface area contributed by atoms with Crippen LogP contribution in [0, 0.1) is 6.57 Å². The first-order chi connectivity index (χ1) is 6.99. The second-order valence-corrected chi connectivity index (χ2v) is 2.67. The van der Waals surface area contributed by atoms with Gasteiger partial charge in [-0.05, 0) is 19.9 Å². The van der Waals surface area contributed by atoms with Gasteiger partial charge in [-0.1, -0.05) is 0 Å². The largest absolute Gasteiger partial charge is 0.505 e. The third-order valence-corrected chi connectivity index (χ3v) is 1.64. The van der Waals surface area contributed by atoms with Crippen LogP contribution in [0.15, 0.2) is 12.3 Å². The molecule has 1 N–H and O–H groups in total. The minimum Gasteiger partial charge on any atom is -0.505 e. The van der Waals surface area contributed by atoms with E-state index in [1.807, 2.05) is 0 Å². The molecule has 0 aromatic carbocycles. The Bertz CT molecular complexity index is 393. The van der Waals surface area contributed by atoms with Crippen LogP contribution in [0.1, 0.15) is 27.0 Å². The van der Waals surface area contributed by atoms with Gasteiger partial charge in [0.25, 0.3) is 0 Å². The number of aromatic nitrogens is 1. The molecule has 0 aliphatic carbocycles. The predicted octanol–water partition coefficient (Wildman–Crippen LogP) is 2.08. The van der Waals surface area contributed by atoms with Crippen LogP contribution in [-0.2, 0) is 0 Å². The van der Waals surface area contributed by atoms with Crippen molar-refractivity contribution in [2.75, 3.05) is 6.61 Å². The van der Waals surface area contributed by atoms with Crippen molar-refractivity contribution in [1.29, 1.82) is 0 Å². The summed E-state index contributed by atoms with van der Waals surface area (Å²) in [4.78, 5) is 7.06. The van der Waals surface area contributed by atoms with Crippen LogP contribution in [0.25, 0.3) is 4.85 Å². The molecule has 1 rings (SSSR count). The molecule has 4 nitrogen and oxygen atoms in total. The van der Waals surface area contributed by atoms with E-state index in [9.17, 15) is 5.11 Å². The van der Waals surface area contributed by atoms with Crippen molar-refractivity contribution < 1.29 is 11.2 Å². The lowest BCUT2D eigenvalue weighted by Crippen LogP contribution is -1.98. The lowest BCUT2D eigenvalue weighted by Gasteiger charge is -2.08. The van der Waals surface area contributed by atoms with Crippen LogP contribution >= 0.6 is 0 Å². The van der Waals surface area contributed by atoms with Gasteiger partial charge in [0, 0.05) is 6.20 Å². The number of aliphatic hydroxyl groups is 1. The molecule has 0 saturated carbocycles. The Morgan fingerprint density at radius 3 is 3.07 bits per heavy atom. The molecule has 0 fully saturated rings. The van der Waals surface area contributed by atoms with Crippen molar-refractivity contribution in [3.63, 3.8) is 0 Å².